The third-order valence-electron chi connectivity index (χ3n) is 4.38. The average Bonchev–Trinajstić information content (AvgIpc) is 2.71. The molecule has 3 aromatic rings. The quantitative estimate of drug-likeness (QED) is 0.700. The third kappa shape index (κ3) is 4.25. The number of nitrogens with zero attached hydrogens (tertiary/aromatic N) is 1. The van der Waals surface area contributed by atoms with Gasteiger partial charge in [-0.05, 0) is 67.4 Å². The number of hydrogen-bond donors (Lipinski definition) is 2. The van der Waals surface area contributed by atoms with Gasteiger partial charge in [-0.3, -0.25) is 9.59 Å². The van der Waals surface area contributed by atoms with E-state index >= 15 is 0 Å². The molecule has 0 spiro atoms. The molecule has 0 aliphatic carbocycles. The second kappa shape index (κ2) is 8.19. The van der Waals surface area contributed by atoms with Crippen LogP contribution in [-0.2, 0) is 0 Å². The molecule has 5 nitrogen and oxygen atoms in total. The molecule has 5 heteroatoms. The van der Waals surface area contributed by atoms with E-state index < -0.39 is 0 Å². The molecule has 0 aromatic heterocycles. The Kier molecular flexibility index (Phi) is 5.52. The van der Waals surface area contributed by atoms with Crippen molar-refractivity contribution >= 4 is 23.2 Å². The number of rotatable bonds is 4. The Bertz CT molecular complexity index is 1060. The summed E-state index contributed by atoms with van der Waals surface area (Å²) >= 11 is 0. The summed E-state index contributed by atoms with van der Waals surface area (Å²) in [6.07, 6.45) is 0. The van der Waals surface area contributed by atoms with E-state index in [4.69, 9.17) is 5.26 Å². The van der Waals surface area contributed by atoms with Gasteiger partial charge in [0.25, 0.3) is 11.8 Å². The van der Waals surface area contributed by atoms with Crippen molar-refractivity contribution in [1.29, 1.82) is 5.26 Å². The SMILES string of the molecule is Cc1cccc(C)c1NC(=O)c1ccc(C(=O)Nc2cccc(C#N)c2)cc1. The Morgan fingerprint density at radius 3 is 1.89 bits per heavy atom. The number of benzene rings is 3. The monoisotopic (exact) mass is 369 g/mol. The van der Waals surface area contributed by atoms with Gasteiger partial charge in [-0.25, -0.2) is 0 Å². The Morgan fingerprint density at radius 2 is 1.32 bits per heavy atom. The smallest absolute Gasteiger partial charge is 0.255 e. The van der Waals surface area contributed by atoms with Gasteiger partial charge >= 0.3 is 0 Å². The number of para-hydroxylation sites is 1. The molecule has 2 N–H and O–H groups in total. The predicted molar refractivity (Wildman–Crippen MR) is 109 cm³/mol. The van der Waals surface area contributed by atoms with Gasteiger partial charge in [-0.2, -0.15) is 5.26 Å². The van der Waals surface area contributed by atoms with Crippen LogP contribution in [-0.4, -0.2) is 11.8 Å². The fraction of sp³-hybridized carbons (Fsp3) is 0.0870. The first-order chi connectivity index (χ1) is 13.5. The molecule has 0 bridgehead atoms. The number of anilines is 2. The van der Waals surface area contributed by atoms with Gasteiger partial charge < -0.3 is 10.6 Å². The highest BCUT2D eigenvalue weighted by molar-refractivity contribution is 6.07. The number of carbonyl (C=O) groups is 2. The first-order valence-electron chi connectivity index (χ1n) is 8.77. The van der Waals surface area contributed by atoms with Crippen LogP contribution in [0.3, 0.4) is 0 Å². The van der Waals surface area contributed by atoms with E-state index in [1.54, 1.807) is 48.5 Å². The maximum Gasteiger partial charge on any atom is 0.255 e. The number of hydrogen-bond acceptors (Lipinski definition) is 3. The lowest BCUT2D eigenvalue weighted by molar-refractivity contribution is 0.101. The predicted octanol–water partition coefficient (Wildman–Crippen LogP) is 4.68. The summed E-state index contributed by atoms with van der Waals surface area (Å²) in [5.41, 5.74) is 4.67. The lowest BCUT2D eigenvalue weighted by Crippen LogP contribution is -2.15. The van der Waals surface area contributed by atoms with E-state index in [-0.39, 0.29) is 11.8 Å². The summed E-state index contributed by atoms with van der Waals surface area (Å²) in [6, 6.07) is 21.0. The summed E-state index contributed by atoms with van der Waals surface area (Å²) < 4.78 is 0. The molecule has 0 heterocycles. The van der Waals surface area contributed by atoms with Gasteiger partial charge in [-0.1, -0.05) is 24.3 Å². The molecule has 0 unspecified atom stereocenters. The van der Waals surface area contributed by atoms with Crippen molar-refractivity contribution in [2.24, 2.45) is 0 Å². The standard InChI is InChI=1S/C23H19N3O2/c1-15-5-3-6-16(2)21(15)26-23(28)19-11-9-18(10-12-19)22(27)25-20-8-4-7-17(13-20)14-24/h3-13H,1-2H3,(H,25,27)(H,26,28). The zero-order valence-electron chi connectivity index (χ0n) is 15.6. The van der Waals surface area contributed by atoms with E-state index in [1.165, 1.54) is 0 Å². The maximum absolute atomic E-state index is 12.5. The van der Waals surface area contributed by atoms with E-state index in [1.807, 2.05) is 38.1 Å². The highest BCUT2D eigenvalue weighted by atomic mass is 16.2. The fourth-order valence-electron chi connectivity index (χ4n) is 2.84. The maximum atomic E-state index is 12.5. The van der Waals surface area contributed by atoms with Crippen LogP contribution in [0.1, 0.15) is 37.4 Å². The van der Waals surface area contributed by atoms with Crippen molar-refractivity contribution in [2.45, 2.75) is 13.8 Å². The minimum Gasteiger partial charge on any atom is -0.322 e. The Hall–Kier alpha value is -3.91. The van der Waals surface area contributed by atoms with Gasteiger partial charge in [0, 0.05) is 22.5 Å². The summed E-state index contributed by atoms with van der Waals surface area (Å²) in [5, 5.41) is 14.6. The summed E-state index contributed by atoms with van der Waals surface area (Å²) in [7, 11) is 0. The largest absolute Gasteiger partial charge is 0.322 e. The average molecular weight is 369 g/mol. The topological polar surface area (TPSA) is 82.0 Å². The van der Waals surface area contributed by atoms with Crippen molar-refractivity contribution in [1.82, 2.24) is 0 Å². The van der Waals surface area contributed by atoms with Crippen molar-refractivity contribution in [3.63, 3.8) is 0 Å². The molecular formula is C23H19N3O2. The van der Waals surface area contributed by atoms with Crippen molar-refractivity contribution < 1.29 is 9.59 Å². The number of amides is 2. The van der Waals surface area contributed by atoms with Crippen LogP contribution < -0.4 is 10.6 Å². The molecule has 0 saturated heterocycles. The van der Waals surface area contributed by atoms with Gasteiger partial charge in [0.05, 0.1) is 11.6 Å². The molecule has 28 heavy (non-hydrogen) atoms. The van der Waals surface area contributed by atoms with Crippen molar-refractivity contribution in [2.75, 3.05) is 10.6 Å². The van der Waals surface area contributed by atoms with Crippen LogP contribution in [0.15, 0.2) is 66.7 Å². The van der Waals surface area contributed by atoms with Crippen molar-refractivity contribution in [3.05, 3.63) is 94.5 Å². The highest BCUT2D eigenvalue weighted by Gasteiger charge is 2.12. The minimum absolute atomic E-state index is 0.230. The zero-order chi connectivity index (χ0) is 20.1. The van der Waals surface area contributed by atoms with E-state index in [2.05, 4.69) is 10.6 Å². The minimum atomic E-state index is -0.309. The second-order valence-electron chi connectivity index (χ2n) is 6.45. The summed E-state index contributed by atoms with van der Waals surface area (Å²) in [4.78, 5) is 24.9. The molecule has 0 fully saturated rings. The molecule has 138 valence electrons. The Morgan fingerprint density at radius 1 is 0.786 bits per heavy atom. The highest BCUT2D eigenvalue weighted by Crippen LogP contribution is 2.20. The lowest BCUT2D eigenvalue weighted by atomic mass is 10.1. The van der Waals surface area contributed by atoms with E-state index in [9.17, 15) is 9.59 Å². The van der Waals surface area contributed by atoms with Crippen LogP contribution in [0.2, 0.25) is 0 Å². The van der Waals surface area contributed by atoms with Crippen LogP contribution in [0.25, 0.3) is 0 Å². The van der Waals surface area contributed by atoms with Gasteiger partial charge in [-0.15, -0.1) is 0 Å². The number of aryl methyl sites for hydroxylation is 2. The first-order valence-corrected chi connectivity index (χ1v) is 8.77. The fourth-order valence-corrected chi connectivity index (χ4v) is 2.84. The third-order valence-corrected chi connectivity index (χ3v) is 4.38. The van der Waals surface area contributed by atoms with Gasteiger partial charge in [0.2, 0.25) is 0 Å². The molecule has 2 amide bonds. The number of carbonyl (C=O) groups excluding carboxylic acids is 2. The molecule has 0 aliphatic rings. The molecule has 3 aromatic carbocycles. The second-order valence-corrected chi connectivity index (χ2v) is 6.45. The molecule has 0 saturated carbocycles. The molecule has 3 rings (SSSR count). The number of nitrogens with one attached hydrogen (secondary N) is 2. The summed E-state index contributed by atoms with van der Waals surface area (Å²) in [6.45, 7) is 3.88. The van der Waals surface area contributed by atoms with Gasteiger partial charge in [0.1, 0.15) is 0 Å². The number of nitriles is 1. The molecular weight excluding hydrogens is 350 g/mol. The lowest BCUT2D eigenvalue weighted by Gasteiger charge is -2.12. The zero-order valence-corrected chi connectivity index (χ0v) is 15.6. The van der Waals surface area contributed by atoms with Gasteiger partial charge in [0.15, 0.2) is 0 Å². The van der Waals surface area contributed by atoms with Crippen molar-refractivity contribution in [3.8, 4) is 6.07 Å². The normalized spacial score (nSPS) is 10.0. The molecule has 0 aliphatic heterocycles. The van der Waals surface area contributed by atoms with E-state index in [0.29, 0.717) is 22.4 Å². The summed E-state index contributed by atoms with van der Waals surface area (Å²) in [5.74, 6) is -0.539. The molecule has 0 atom stereocenters. The Balaban J connectivity index is 1.71. The first kappa shape index (κ1) is 18.9. The van der Waals surface area contributed by atoms with Crippen LogP contribution in [0, 0.1) is 25.2 Å². The van der Waals surface area contributed by atoms with Crippen LogP contribution in [0.4, 0.5) is 11.4 Å². The molecule has 0 radical (unpaired) electrons. The van der Waals surface area contributed by atoms with Crippen LogP contribution >= 0.6 is 0 Å². The van der Waals surface area contributed by atoms with Crippen LogP contribution in [0.5, 0.6) is 0 Å². The Labute approximate surface area is 163 Å². The van der Waals surface area contributed by atoms with E-state index in [0.717, 1.165) is 16.8 Å².